The van der Waals surface area contributed by atoms with Gasteiger partial charge in [0.25, 0.3) is 0 Å². The number of thioether (sulfide) groups is 1. The molecule has 0 spiro atoms. The molecule has 0 aromatic heterocycles. The molecule has 0 heterocycles. The lowest BCUT2D eigenvalue weighted by molar-refractivity contribution is -0.193. The van der Waals surface area contributed by atoms with Gasteiger partial charge in [0.05, 0.1) is 0 Å². The number of carbonyl (C=O) groups is 1. The van der Waals surface area contributed by atoms with Crippen LogP contribution >= 0.6 is 11.8 Å². The first-order chi connectivity index (χ1) is 7.51. The number of carbonyl (C=O) groups excluding carboxylic acids is 1. The van der Waals surface area contributed by atoms with Crippen LogP contribution in [0.4, 0.5) is 8.78 Å². The number of amides is 1. The van der Waals surface area contributed by atoms with Gasteiger partial charge in [-0.3, -0.25) is 10.2 Å². The summed E-state index contributed by atoms with van der Waals surface area (Å²) in [6.45, 7) is 0. The Hall–Kier alpha value is -1.34. The van der Waals surface area contributed by atoms with Crippen LogP contribution in [-0.2, 0) is 4.79 Å². The van der Waals surface area contributed by atoms with Crippen LogP contribution in [0, 0.1) is 0 Å². The minimum atomic E-state index is -3.99. The summed E-state index contributed by atoms with van der Waals surface area (Å²) >= 11 is 1.23. The molecule has 0 unspecified atom stereocenters. The molecule has 1 rings (SSSR count). The lowest BCUT2D eigenvalue weighted by Gasteiger charge is -2.17. The molecule has 0 bridgehead atoms. The summed E-state index contributed by atoms with van der Waals surface area (Å²) in [4.78, 5) is 11.2. The number of hydrogen-bond acceptors (Lipinski definition) is 4. The summed E-state index contributed by atoms with van der Waals surface area (Å²) < 4.78 is 30.5. The summed E-state index contributed by atoms with van der Waals surface area (Å²) in [5.41, 5.74) is 1.34. The molecule has 0 saturated heterocycles. The van der Waals surface area contributed by atoms with Crippen molar-refractivity contribution in [1.29, 1.82) is 0 Å². The molecule has 0 aliphatic heterocycles. The number of alkyl halides is 2. The minimum absolute atomic E-state index is 0.0661. The first-order valence-electron chi connectivity index (χ1n) is 4.22. The minimum Gasteiger partial charge on any atom is -0.424 e. The van der Waals surface area contributed by atoms with Gasteiger partial charge >= 0.3 is 12.0 Å². The highest BCUT2D eigenvalue weighted by Crippen LogP contribution is 2.31. The van der Waals surface area contributed by atoms with E-state index in [2.05, 4.69) is 10.6 Å². The highest BCUT2D eigenvalue weighted by molar-refractivity contribution is 7.98. The zero-order valence-corrected chi connectivity index (χ0v) is 9.18. The maximum Gasteiger partial charge on any atom is 0.483 e. The molecule has 0 saturated carbocycles. The third-order valence-corrected chi connectivity index (χ3v) is 2.48. The van der Waals surface area contributed by atoms with Gasteiger partial charge in [-0.05, 0) is 18.4 Å². The Morgan fingerprint density at radius 2 is 2.12 bits per heavy atom. The predicted octanol–water partition coefficient (Wildman–Crippen LogP) is 1.37. The van der Waals surface area contributed by atoms with E-state index in [1.165, 1.54) is 29.3 Å². The second-order valence-corrected chi connectivity index (χ2v) is 3.59. The van der Waals surface area contributed by atoms with Crippen LogP contribution in [0.1, 0.15) is 0 Å². The van der Waals surface area contributed by atoms with E-state index in [0.29, 0.717) is 4.90 Å². The Labute approximate surface area is 95.1 Å². The highest BCUT2D eigenvalue weighted by atomic mass is 32.2. The van der Waals surface area contributed by atoms with Crippen molar-refractivity contribution in [2.24, 2.45) is 5.84 Å². The Morgan fingerprint density at radius 3 is 2.69 bits per heavy atom. The third-order valence-electron chi connectivity index (χ3n) is 1.70. The first kappa shape index (κ1) is 12.7. The number of hydrazine groups is 1. The molecule has 0 aliphatic carbocycles. The average molecular weight is 248 g/mol. The molecule has 1 aromatic carbocycles. The topological polar surface area (TPSA) is 64.3 Å². The number of benzene rings is 1. The fourth-order valence-electron chi connectivity index (χ4n) is 0.972. The first-order valence-corrected chi connectivity index (χ1v) is 5.44. The normalized spacial score (nSPS) is 11.0. The summed E-state index contributed by atoms with van der Waals surface area (Å²) in [6, 6.07) is 6.17. The highest BCUT2D eigenvalue weighted by Gasteiger charge is 2.42. The fraction of sp³-hybridized carbons (Fsp3) is 0.222. The van der Waals surface area contributed by atoms with E-state index in [-0.39, 0.29) is 5.75 Å². The molecule has 0 atom stereocenters. The molecule has 0 fully saturated rings. The van der Waals surface area contributed by atoms with Crippen LogP contribution in [0.3, 0.4) is 0 Å². The zero-order chi connectivity index (χ0) is 12.2. The number of para-hydroxylation sites is 1. The summed E-state index contributed by atoms with van der Waals surface area (Å²) in [5, 5.41) is 0. The van der Waals surface area contributed by atoms with Crippen molar-refractivity contribution in [2.45, 2.75) is 11.0 Å². The molecule has 7 heteroatoms. The van der Waals surface area contributed by atoms with Crippen molar-refractivity contribution in [3.05, 3.63) is 24.3 Å². The predicted molar refractivity (Wildman–Crippen MR) is 56.1 cm³/mol. The van der Waals surface area contributed by atoms with Crippen molar-refractivity contribution in [1.82, 2.24) is 5.43 Å². The van der Waals surface area contributed by atoms with E-state index >= 15 is 0 Å². The largest absolute Gasteiger partial charge is 0.483 e. The smallest absolute Gasteiger partial charge is 0.424 e. The molecule has 1 amide bonds. The van der Waals surface area contributed by atoms with E-state index in [0.717, 1.165) is 0 Å². The van der Waals surface area contributed by atoms with Gasteiger partial charge < -0.3 is 4.74 Å². The van der Waals surface area contributed by atoms with Crippen LogP contribution in [0.15, 0.2) is 29.2 Å². The SMILES string of the molecule is CSc1ccccc1OC(F)(F)C(=O)NN. The number of nitrogens with two attached hydrogens (primary N) is 1. The van der Waals surface area contributed by atoms with Gasteiger partial charge in [-0.15, -0.1) is 11.8 Å². The maximum absolute atomic E-state index is 13.1. The Morgan fingerprint density at radius 1 is 1.50 bits per heavy atom. The third kappa shape index (κ3) is 2.83. The number of rotatable bonds is 4. The van der Waals surface area contributed by atoms with Gasteiger partial charge in [-0.2, -0.15) is 8.78 Å². The quantitative estimate of drug-likeness (QED) is 0.365. The molecule has 16 heavy (non-hydrogen) atoms. The van der Waals surface area contributed by atoms with Crippen LogP contribution < -0.4 is 16.0 Å². The lowest BCUT2D eigenvalue weighted by Crippen LogP contribution is -2.47. The van der Waals surface area contributed by atoms with Gasteiger partial charge in [0.1, 0.15) is 5.75 Å². The van der Waals surface area contributed by atoms with Crippen molar-refractivity contribution in [3.8, 4) is 5.75 Å². The van der Waals surface area contributed by atoms with E-state index < -0.39 is 12.0 Å². The monoisotopic (exact) mass is 248 g/mol. The summed E-state index contributed by atoms with van der Waals surface area (Å²) in [6.07, 6.45) is -2.27. The molecule has 4 nitrogen and oxygen atoms in total. The number of ether oxygens (including phenoxy) is 1. The Bertz CT molecular complexity index is 388. The van der Waals surface area contributed by atoms with Crippen LogP contribution in [-0.4, -0.2) is 18.3 Å². The molecule has 0 radical (unpaired) electrons. The van der Waals surface area contributed by atoms with Crippen molar-refractivity contribution >= 4 is 17.7 Å². The van der Waals surface area contributed by atoms with Crippen molar-refractivity contribution in [3.63, 3.8) is 0 Å². The van der Waals surface area contributed by atoms with E-state index in [9.17, 15) is 13.6 Å². The number of nitrogens with one attached hydrogen (secondary N) is 1. The summed E-state index contributed by atoms with van der Waals surface area (Å²) in [5.74, 6) is 2.86. The fourth-order valence-corrected chi connectivity index (χ4v) is 1.50. The van der Waals surface area contributed by atoms with Crippen LogP contribution in [0.25, 0.3) is 0 Å². The van der Waals surface area contributed by atoms with Crippen molar-refractivity contribution < 1.29 is 18.3 Å². The standard InChI is InChI=1S/C9H10F2N2O2S/c1-16-7-5-3-2-4-6(7)15-9(10,11)8(14)13-12/h2-5H,12H2,1H3,(H,13,14). The van der Waals surface area contributed by atoms with E-state index in [1.54, 1.807) is 18.4 Å². The molecule has 3 N–H and O–H groups in total. The number of hydrogen-bond donors (Lipinski definition) is 2. The molecule has 88 valence electrons. The molecule has 1 aromatic rings. The van der Waals surface area contributed by atoms with Gasteiger partial charge in [0, 0.05) is 4.90 Å². The van der Waals surface area contributed by atoms with Gasteiger partial charge in [-0.1, -0.05) is 12.1 Å². The van der Waals surface area contributed by atoms with E-state index in [4.69, 9.17) is 0 Å². The zero-order valence-electron chi connectivity index (χ0n) is 8.37. The number of halogens is 2. The second kappa shape index (κ2) is 5.13. The van der Waals surface area contributed by atoms with E-state index in [1.807, 2.05) is 0 Å². The van der Waals surface area contributed by atoms with Gasteiger partial charge in [0.15, 0.2) is 0 Å². The lowest BCUT2D eigenvalue weighted by atomic mass is 10.3. The average Bonchev–Trinajstić information content (AvgIpc) is 2.28. The van der Waals surface area contributed by atoms with Gasteiger partial charge in [0.2, 0.25) is 0 Å². The molecular weight excluding hydrogens is 238 g/mol. The molecular formula is C9H10F2N2O2S. The summed E-state index contributed by atoms with van der Waals surface area (Å²) in [7, 11) is 0. The van der Waals surface area contributed by atoms with Crippen molar-refractivity contribution in [2.75, 3.05) is 6.26 Å². The second-order valence-electron chi connectivity index (χ2n) is 2.74. The van der Waals surface area contributed by atoms with Crippen LogP contribution in [0.2, 0.25) is 0 Å². The Balaban J connectivity index is 2.91. The maximum atomic E-state index is 13.1. The Kier molecular flexibility index (Phi) is 4.08. The van der Waals surface area contributed by atoms with Gasteiger partial charge in [-0.25, -0.2) is 5.84 Å². The van der Waals surface area contributed by atoms with Crippen LogP contribution in [0.5, 0.6) is 5.75 Å². The molecule has 0 aliphatic rings.